The van der Waals surface area contributed by atoms with Gasteiger partial charge in [0.15, 0.2) is 0 Å². The molecule has 2 aliphatic heterocycles. The maximum Gasteiger partial charge on any atom is 0.389 e. The highest BCUT2D eigenvalue weighted by molar-refractivity contribution is 6.01. The van der Waals surface area contributed by atoms with E-state index in [1.54, 1.807) is 4.90 Å². The van der Waals surface area contributed by atoms with E-state index in [0.29, 0.717) is 30.6 Å². The van der Waals surface area contributed by atoms with E-state index >= 15 is 0 Å². The van der Waals surface area contributed by atoms with Crippen LogP contribution in [0.3, 0.4) is 0 Å². The largest absolute Gasteiger partial charge is 0.507 e. The average Bonchev–Trinajstić information content (AvgIpc) is 3.45. The Morgan fingerprint density at radius 1 is 1.14 bits per heavy atom. The fourth-order valence-electron chi connectivity index (χ4n) is 4.62. The molecule has 3 aromatic rings. The van der Waals surface area contributed by atoms with Crippen molar-refractivity contribution < 1.29 is 32.5 Å². The van der Waals surface area contributed by atoms with Crippen LogP contribution in [0.1, 0.15) is 33.6 Å². The molecular formula is C25H27F3N4O4. The fourth-order valence-corrected chi connectivity index (χ4v) is 4.62. The molecule has 0 radical (unpaired) electrons. The molecular weight excluding hydrogens is 477 g/mol. The zero-order valence-electron chi connectivity index (χ0n) is 19.6. The number of aromatic amines is 1. The molecule has 0 atom stereocenters. The van der Waals surface area contributed by atoms with Crippen LogP contribution in [0, 0.1) is 0 Å². The molecule has 36 heavy (non-hydrogen) atoms. The number of aromatic nitrogens is 2. The van der Waals surface area contributed by atoms with Crippen molar-refractivity contribution in [3.05, 3.63) is 52.7 Å². The highest BCUT2D eigenvalue weighted by atomic mass is 19.4. The number of H-pyrrole nitrogens is 1. The summed E-state index contributed by atoms with van der Waals surface area (Å²) in [6.45, 7) is 5.34. The lowest BCUT2D eigenvalue weighted by atomic mass is 10.1. The number of alkyl halides is 3. The van der Waals surface area contributed by atoms with Crippen LogP contribution in [-0.4, -0.2) is 76.6 Å². The van der Waals surface area contributed by atoms with Crippen molar-refractivity contribution in [2.24, 2.45) is 0 Å². The second-order valence-corrected chi connectivity index (χ2v) is 9.10. The van der Waals surface area contributed by atoms with Crippen LogP contribution in [0.15, 0.2) is 30.3 Å². The molecule has 0 unspecified atom stereocenters. The summed E-state index contributed by atoms with van der Waals surface area (Å²) in [5.74, 6) is 0.0705. The SMILES string of the molecule is O=C(c1cc2c(CCC(F)(F)F)[nH]nc2cc1O)N1Cc2ccc(OCCN3CCOCC3)cc2C1. The summed E-state index contributed by atoms with van der Waals surface area (Å²) in [5, 5.41) is 17.4. The predicted molar refractivity (Wildman–Crippen MR) is 125 cm³/mol. The molecule has 0 bridgehead atoms. The van der Waals surface area contributed by atoms with Gasteiger partial charge >= 0.3 is 6.18 Å². The summed E-state index contributed by atoms with van der Waals surface area (Å²) in [6, 6.07) is 8.47. The van der Waals surface area contributed by atoms with Crippen molar-refractivity contribution in [1.82, 2.24) is 20.0 Å². The van der Waals surface area contributed by atoms with Crippen molar-refractivity contribution in [2.45, 2.75) is 32.1 Å². The molecule has 2 aromatic carbocycles. The number of morpholine rings is 1. The van der Waals surface area contributed by atoms with Crippen molar-refractivity contribution in [1.29, 1.82) is 0 Å². The number of benzene rings is 2. The number of phenolic OH excluding ortho intramolecular Hbond substituents is 1. The number of aromatic hydroxyl groups is 1. The molecule has 192 valence electrons. The Labute approximate surface area is 205 Å². The van der Waals surface area contributed by atoms with Gasteiger partial charge in [0.25, 0.3) is 5.91 Å². The van der Waals surface area contributed by atoms with E-state index in [4.69, 9.17) is 9.47 Å². The zero-order valence-corrected chi connectivity index (χ0v) is 19.6. The number of phenols is 1. The fraction of sp³-hybridized carbons (Fsp3) is 0.440. The maximum absolute atomic E-state index is 13.3. The third-order valence-corrected chi connectivity index (χ3v) is 6.61. The number of hydrogen-bond donors (Lipinski definition) is 2. The molecule has 1 amide bonds. The van der Waals surface area contributed by atoms with Crippen LogP contribution in [-0.2, 0) is 24.2 Å². The van der Waals surface area contributed by atoms with Crippen LogP contribution in [0.4, 0.5) is 13.2 Å². The Morgan fingerprint density at radius 2 is 1.92 bits per heavy atom. The number of rotatable bonds is 7. The first kappa shape index (κ1) is 24.4. The van der Waals surface area contributed by atoms with Crippen molar-refractivity contribution in [3.8, 4) is 11.5 Å². The summed E-state index contributed by atoms with van der Waals surface area (Å²) in [6.07, 6.45) is -5.60. The molecule has 8 nitrogen and oxygen atoms in total. The normalized spacial score (nSPS) is 16.5. The number of aryl methyl sites for hydroxylation is 1. The van der Waals surface area contributed by atoms with Gasteiger partial charge in [0.05, 0.1) is 24.3 Å². The van der Waals surface area contributed by atoms with Crippen molar-refractivity contribution in [3.63, 3.8) is 0 Å². The Morgan fingerprint density at radius 3 is 2.69 bits per heavy atom. The van der Waals surface area contributed by atoms with Crippen LogP contribution in [0.2, 0.25) is 0 Å². The molecule has 0 saturated carbocycles. The zero-order chi connectivity index (χ0) is 25.3. The lowest BCUT2D eigenvalue weighted by molar-refractivity contribution is -0.134. The van der Waals surface area contributed by atoms with Gasteiger partial charge in [-0.1, -0.05) is 6.07 Å². The van der Waals surface area contributed by atoms with Gasteiger partial charge in [-0.2, -0.15) is 18.3 Å². The average molecular weight is 505 g/mol. The van der Waals surface area contributed by atoms with Crippen LogP contribution >= 0.6 is 0 Å². The van der Waals surface area contributed by atoms with Gasteiger partial charge in [0.2, 0.25) is 0 Å². The molecule has 0 spiro atoms. The summed E-state index contributed by atoms with van der Waals surface area (Å²) >= 11 is 0. The highest BCUT2D eigenvalue weighted by Crippen LogP contribution is 2.33. The first-order valence-electron chi connectivity index (χ1n) is 11.9. The predicted octanol–water partition coefficient (Wildman–Crippen LogP) is 3.63. The number of carbonyl (C=O) groups is 1. The molecule has 1 aromatic heterocycles. The second-order valence-electron chi connectivity index (χ2n) is 9.10. The number of carbonyl (C=O) groups excluding carboxylic acids is 1. The van der Waals surface area contributed by atoms with E-state index in [0.717, 1.165) is 49.7 Å². The molecule has 1 fully saturated rings. The van der Waals surface area contributed by atoms with Gasteiger partial charge in [-0.3, -0.25) is 14.8 Å². The van der Waals surface area contributed by atoms with Crippen molar-refractivity contribution in [2.75, 3.05) is 39.5 Å². The van der Waals surface area contributed by atoms with Gasteiger partial charge in [-0.05, 0) is 35.7 Å². The topological polar surface area (TPSA) is 90.9 Å². The molecule has 3 heterocycles. The minimum atomic E-state index is -4.31. The molecule has 1 saturated heterocycles. The van der Waals surface area contributed by atoms with Gasteiger partial charge in [0.1, 0.15) is 18.1 Å². The third-order valence-electron chi connectivity index (χ3n) is 6.61. The van der Waals surface area contributed by atoms with Gasteiger partial charge in [0, 0.05) is 56.3 Å². The van der Waals surface area contributed by atoms with Gasteiger partial charge < -0.3 is 19.5 Å². The van der Waals surface area contributed by atoms with E-state index in [2.05, 4.69) is 15.1 Å². The first-order valence-corrected chi connectivity index (χ1v) is 11.9. The number of amides is 1. The molecule has 2 aliphatic rings. The third kappa shape index (κ3) is 5.41. The summed E-state index contributed by atoms with van der Waals surface area (Å²) in [4.78, 5) is 17.2. The number of hydrogen-bond acceptors (Lipinski definition) is 6. The van der Waals surface area contributed by atoms with Gasteiger partial charge in [-0.25, -0.2) is 0 Å². The van der Waals surface area contributed by atoms with E-state index in [1.807, 2.05) is 18.2 Å². The quantitative estimate of drug-likeness (QED) is 0.511. The second kappa shape index (κ2) is 9.98. The van der Waals surface area contributed by atoms with E-state index in [1.165, 1.54) is 12.1 Å². The lowest BCUT2D eigenvalue weighted by Gasteiger charge is -2.26. The Bertz CT molecular complexity index is 1250. The van der Waals surface area contributed by atoms with Crippen LogP contribution < -0.4 is 4.74 Å². The highest BCUT2D eigenvalue weighted by Gasteiger charge is 2.29. The summed E-state index contributed by atoms with van der Waals surface area (Å²) < 4.78 is 49.3. The van der Waals surface area contributed by atoms with E-state index in [-0.39, 0.29) is 23.4 Å². The standard InChI is InChI=1S/C25H27F3N4O4/c26-25(27,28)4-3-21-19-12-20(23(33)13-22(19)30-29-21)24(34)32-14-16-1-2-18(11-17(16)15-32)36-10-7-31-5-8-35-9-6-31/h1-2,11-13,33H,3-10,14-15H2,(H,29,30). The summed E-state index contributed by atoms with van der Waals surface area (Å²) in [7, 11) is 0. The number of nitrogens with zero attached hydrogens (tertiary/aromatic N) is 3. The lowest BCUT2D eigenvalue weighted by Crippen LogP contribution is -2.38. The number of fused-ring (bicyclic) bond motifs is 2. The van der Waals surface area contributed by atoms with Crippen LogP contribution in [0.5, 0.6) is 11.5 Å². The van der Waals surface area contributed by atoms with E-state index < -0.39 is 18.5 Å². The molecule has 0 aliphatic carbocycles. The Kier molecular flexibility index (Phi) is 6.76. The minimum absolute atomic E-state index is 0.0342. The number of nitrogens with one attached hydrogen (secondary N) is 1. The summed E-state index contributed by atoms with van der Waals surface area (Å²) in [5.41, 5.74) is 2.57. The number of halogens is 3. The van der Waals surface area contributed by atoms with Crippen LogP contribution in [0.25, 0.3) is 10.9 Å². The Hall–Kier alpha value is -3.31. The minimum Gasteiger partial charge on any atom is -0.507 e. The molecule has 2 N–H and O–H groups in total. The van der Waals surface area contributed by atoms with Crippen molar-refractivity contribution >= 4 is 16.8 Å². The maximum atomic E-state index is 13.3. The Balaban J connectivity index is 1.25. The smallest absolute Gasteiger partial charge is 0.389 e. The van der Waals surface area contributed by atoms with Gasteiger partial charge in [-0.15, -0.1) is 0 Å². The number of ether oxygens (including phenoxy) is 2. The monoisotopic (exact) mass is 504 g/mol. The van der Waals surface area contributed by atoms with E-state index in [9.17, 15) is 23.1 Å². The molecule has 5 rings (SSSR count). The molecule has 11 heteroatoms. The first-order chi connectivity index (χ1) is 17.3.